The lowest BCUT2D eigenvalue weighted by molar-refractivity contribution is -0.140. The first-order chi connectivity index (χ1) is 19.3. The van der Waals surface area contributed by atoms with E-state index in [4.69, 9.17) is 0 Å². The van der Waals surface area contributed by atoms with E-state index >= 15 is 0 Å². The number of sulfonamides is 1. The third-order valence-electron chi connectivity index (χ3n) is 7.24. The van der Waals surface area contributed by atoms with Crippen molar-refractivity contribution in [3.05, 3.63) is 94.5 Å². The van der Waals surface area contributed by atoms with Crippen LogP contribution in [-0.4, -0.2) is 43.8 Å². The van der Waals surface area contributed by atoms with Gasteiger partial charge in [-0.25, -0.2) is 8.42 Å². The van der Waals surface area contributed by atoms with Crippen molar-refractivity contribution in [1.82, 2.24) is 10.2 Å². The molecule has 220 valence electrons. The molecular weight excluding hydrogens is 534 g/mol. The number of hydrogen-bond donors (Lipinski definition) is 1. The van der Waals surface area contributed by atoms with Crippen molar-refractivity contribution in [3.63, 3.8) is 0 Å². The third kappa shape index (κ3) is 8.19. The lowest BCUT2D eigenvalue weighted by Crippen LogP contribution is -2.53. The van der Waals surface area contributed by atoms with E-state index in [0.29, 0.717) is 12.1 Å². The highest BCUT2D eigenvalue weighted by Gasteiger charge is 2.34. The summed E-state index contributed by atoms with van der Waals surface area (Å²) in [5, 5.41) is 3.01. The predicted octanol–water partition coefficient (Wildman–Crippen LogP) is 5.84. The Morgan fingerprint density at radius 1 is 0.780 bits per heavy atom. The molecule has 3 aromatic rings. The molecule has 1 N–H and O–H groups in total. The minimum absolute atomic E-state index is 0.0541. The van der Waals surface area contributed by atoms with E-state index in [0.717, 1.165) is 34.2 Å². The van der Waals surface area contributed by atoms with Gasteiger partial charge in [-0.3, -0.25) is 13.9 Å². The van der Waals surface area contributed by atoms with Gasteiger partial charge in [-0.1, -0.05) is 67.4 Å². The van der Waals surface area contributed by atoms with Crippen LogP contribution >= 0.6 is 0 Å². The Kier molecular flexibility index (Phi) is 10.7. The maximum absolute atomic E-state index is 14.2. The molecule has 8 heteroatoms. The average molecular weight is 578 g/mol. The van der Waals surface area contributed by atoms with Crippen molar-refractivity contribution in [1.29, 1.82) is 0 Å². The summed E-state index contributed by atoms with van der Waals surface area (Å²) in [6.07, 6.45) is 1.14. The molecule has 7 nitrogen and oxygen atoms in total. The van der Waals surface area contributed by atoms with Crippen molar-refractivity contribution >= 4 is 27.5 Å². The predicted molar refractivity (Wildman–Crippen MR) is 165 cm³/mol. The van der Waals surface area contributed by atoms with E-state index in [1.54, 1.807) is 36.4 Å². The summed E-state index contributed by atoms with van der Waals surface area (Å²) in [6, 6.07) is 19.1. The number of nitrogens with zero attached hydrogens (tertiary/aromatic N) is 2. The molecule has 0 aliphatic rings. The fraction of sp³-hybridized carbons (Fsp3) is 0.394. The van der Waals surface area contributed by atoms with E-state index in [-0.39, 0.29) is 23.4 Å². The minimum atomic E-state index is -4.10. The van der Waals surface area contributed by atoms with E-state index in [2.05, 4.69) is 5.32 Å². The number of hydrogen-bond acceptors (Lipinski definition) is 4. The van der Waals surface area contributed by atoms with Crippen LogP contribution in [-0.2, 0) is 26.2 Å². The second-order valence-electron chi connectivity index (χ2n) is 10.9. The molecule has 0 spiro atoms. The van der Waals surface area contributed by atoms with E-state index < -0.39 is 28.5 Å². The SMILES string of the molecule is CC[C@H](C(=O)N[C@@H](C)CC)N(Cc1ccc(C)cc1)C(=O)CN(c1cc(C)cc(C)c1)S(=O)(=O)c1ccc(C)cc1. The normalized spacial score (nSPS) is 12.9. The number of anilines is 1. The number of carbonyl (C=O) groups is 2. The van der Waals surface area contributed by atoms with Crippen molar-refractivity contribution in [2.24, 2.45) is 0 Å². The lowest BCUT2D eigenvalue weighted by Gasteiger charge is -2.34. The quantitative estimate of drug-likeness (QED) is 0.293. The minimum Gasteiger partial charge on any atom is -0.352 e. The average Bonchev–Trinajstić information content (AvgIpc) is 2.92. The second kappa shape index (κ2) is 13.8. The molecule has 0 aliphatic heterocycles. The highest BCUT2D eigenvalue weighted by atomic mass is 32.2. The van der Waals surface area contributed by atoms with Crippen LogP contribution in [0.4, 0.5) is 5.69 Å². The Morgan fingerprint density at radius 3 is 1.83 bits per heavy atom. The monoisotopic (exact) mass is 577 g/mol. The molecule has 0 bridgehead atoms. The summed E-state index contributed by atoms with van der Waals surface area (Å²) in [6.45, 7) is 13.2. The number of rotatable bonds is 12. The number of nitrogens with one attached hydrogen (secondary N) is 1. The van der Waals surface area contributed by atoms with Gasteiger partial charge in [0.15, 0.2) is 0 Å². The highest BCUT2D eigenvalue weighted by Crippen LogP contribution is 2.27. The van der Waals surface area contributed by atoms with Crippen LogP contribution in [0, 0.1) is 27.7 Å². The van der Waals surface area contributed by atoms with Crippen molar-refractivity contribution in [2.45, 2.75) is 84.8 Å². The molecule has 0 aliphatic carbocycles. The van der Waals surface area contributed by atoms with Crippen LogP contribution in [0.5, 0.6) is 0 Å². The molecule has 0 fully saturated rings. The molecule has 0 aromatic heterocycles. The van der Waals surface area contributed by atoms with Crippen LogP contribution in [0.15, 0.2) is 71.6 Å². The van der Waals surface area contributed by atoms with Gasteiger partial charge in [0.25, 0.3) is 10.0 Å². The smallest absolute Gasteiger partial charge is 0.264 e. The zero-order valence-electron chi connectivity index (χ0n) is 25.3. The maximum Gasteiger partial charge on any atom is 0.264 e. The Balaban J connectivity index is 2.09. The van der Waals surface area contributed by atoms with Crippen molar-refractivity contribution in [2.75, 3.05) is 10.8 Å². The highest BCUT2D eigenvalue weighted by molar-refractivity contribution is 7.92. The van der Waals surface area contributed by atoms with Gasteiger partial charge in [-0.05, 0) is 88.4 Å². The first-order valence-electron chi connectivity index (χ1n) is 14.2. The summed E-state index contributed by atoms with van der Waals surface area (Å²) in [5.74, 6) is -0.701. The molecule has 0 unspecified atom stereocenters. The van der Waals surface area contributed by atoms with Crippen LogP contribution in [0.2, 0.25) is 0 Å². The molecule has 0 radical (unpaired) electrons. The van der Waals surface area contributed by atoms with Gasteiger partial charge in [-0.15, -0.1) is 0 Å². The van der Waals surface area contributed by atoms with E-state index in [1.165, 1.54) is 9.21 Å². The number of aryl methyl sites for hydroxylation is 4. The summed E-state index contributed by atoms with van der Waals surface area (Å²) in [5.41, 5.74) is 5.04. The van der Waals surface area contributed by atoms with E-state index in [1.807, 2.05) is 78.8 Å². The molecule has 0 saturated heterocycles. The molecule has 3 rings (SSSR count). The fourth-order valence-electron chi connectivity index (χ4n) is 4.71. The number of benzene rings is 3. The molecule has 0 saturated carbocycles. The van der Waals surface area contributed by atoms with Crippen molar-refractivity contribution in [3.8, 4) is 0 Å². The third-order valence-corrected chi connectivity index (χ3v) is 9.03. The van der Waals surface area contributed by atoms with Gasteiger partial charge >= 0.3 is 0 Å². The summed E-state index contributed by atoms with van der Waals surface area (Å²) in [4.78, 5) is 29.2. The molecule has 2 atom stereocenters. The van der Waals surface area contributed by atoms with Crippen LogP contribution < -0.4 is 9.62 Å². The largest absolute Gasteiger partial charge is 0.352 e. The first-order valence-corrected chi connectivity index (χ1v) is 15.6. The Hall–Kier alpha value is -3.65. The Bertz CT molecular complexity index is 1430. The van der Waals surface area contributed by atoms with Crippen LogP contribution in [0.3, 0.4) is 0 Å². The molecular formula is C33H43N3O4S. The van der Waals surface area contributed by atoms with Crippen LogP contribution in [0.1, 0.15) is 61.4 Å². The van der Waals surface area contributed by atoms with Crippen molar-refractivity contribution < 1.29 is 18.0 Å². The van der Waals surface area contributed by atoms with Gasteiger partial charge in [-0.2, -0.15) is 0 Å². The fourth-order valence-corrected chi connectivity index (χ4v) is 6.11. The Labute approximate surface area is 245 Å². The van der Waals surface area contributed by atoms with Crippen LogP contribution in [0.25, 0.3) is 0 Å². The first kappa shape index (κ1) is 31.9. The lowest BCUT2D eigenvalue weighted by atomic mass is 10.1. The van der Waals surface area contributed by atoms with E-state index in [9.17, 15) is 18.0 Å². The second-order valence-corrected chi connectivity index (χ2v) is 12.8. The standard InChI is InChI=1S/C33H43N3O4S/c1-8-27(7)34-33(38)31(9-2)35(21-28-14-10-23(3)11-15-28)32(37)22-36(29-19-25(5)18-26(6)20-29)41(39,40)30-16-12-24(4)13-17-30/h10-20,27,31H,8-9,21-22H2,1-7H3,(H,34,38)/t27-,31+/m0/s1. The van der Waals surface area contributed by atoms with Gasteiger partial charge in [0.2, 0.25) is 11.8 Å². The molecule has 3 aromatic carbocycles. The van der Waals surface area contributed by atoms with Gasteiger partial charge in [0, 0.05) is 12.6 Å². The van der Waals surface area contributed by atoms with Gasteiger partial charge in [0.05, 0.1) is 10.6 Å². The zero-order chi connectivity index (χ0) is 30.3. The summed E-state index contributed by atoms with van der Waals surface area (Å²) < 4.78 is 29.3. The topological polar surface area (TPSA) is 86.8 Å². The van der Waals surface area contributed by atoms with Gasteiger partial charge < -0.3 is 10.2 Å². The Morgan fingerprint density at radius 2 is 1.32 bits per heavy atom. The summed E-state index contributed by atoms with van der Waals surface area (Å²) >= 11 is 0. The molecule has 41 heavy (non-hydrogen) atoms. The van der Waals surface area contributed by atoms with Gasteiger partial charge in [0.1, 0.15) is 12.6 Å². The number of amides is 2. The summed E-state index contributed by atoms with van der Waals surface area (Å²) in [7, 11) is -4.10. The maximum atomic E-state index is 14.2. The molecule has 2 amide bonds. The number of carbonyl (C=O) groups excluding carboxylic acids is 2. The zero-order valence-corrected chi connectivity index (χ0v) is 26.1. The molecule has 0 heterocycles.